The highest BCUT2D eigenvalue weighted by molar-refractivity contribution is 9.10. The Morgan fingerprint density at radius 3 is 2.85 bits per heavy atom. The Morgan fingerprint density at radius 2 is 2.12 bits per heavy atom. The Kier molecular flexibility index (Phi) is 5.13. The highest BCUT2D eigenvalue weighted by Gasteiger charge is 2.18. The standard InChI is InChI=1S/C18H14BrN3O4/c1-2-26-18(23)15-10-20-16-8-11(19)6-7-14(16)17(15)21-12-4-3-5-13(9-12)22(24)25/h3-10H,2H2,1H3,(H,20,21). The monoisotopic (exact) mass is 415 g/mol. The average molecular weight is 416 g/mol. The zero-order valence-corrected chi connectivity index (χ0v) is 15.3. The van der Waals surface area contributed by atoms with Gasteiger partial charge < -0.3 is 10.1 Å². The summed E-state index contributed by atoms with van der Waals surface area (Å²) >= 11 is 3.39. The first-order chi connectivity index (χ1) is 12.5. The van der Waals surface area contributed by atoms with Crippen LogP contribution in [0.3, 0.4) is 0 Å². The molecule has 3 aromatic rings. The Morgan fingerprint density at radius 1 is 1.31 bits per heavy atom. The molecule has 0 aliphatic carbocycles. The number of halogens is 1. The van der Waals surface area contributed by atoms with Crippen molar-refractivity contribution in [2.75, 3.05) is 11.9 Å². The number of nitrogens with zero attached hydrogens (tertiary/aromatic N) is 2. The van der Waals surface area contributed by atoms with Crippen molar-refractivity contribution in [2.45, 2.75) is 6.92 Å². The van der Waals surface area contributed by atoms with Crippen LogP contribution in [0.25, 0.3) is 10.9 Å². The van der Waals surface area contributed by atoms with Crippen molar-refractivity contribution >= 4 is 49.9 Å². The summed E-state index contributed by atoms with van der Waals surface area (Å²) in [4.78, 5) is 27.2. The minimum Gasteiger partial charge on any atom is -0.462 e. The molecule has 0 unspecified atom stereocenters. The molecule has 2 aromatic carbocycles. The van der Waals surface area contributed by atoms with E-state index in [9.17, 15) is 14.9 Å². The van der Waals surface area contributed by atoms with Crippen LogP contribution in [0.15, 0.2) is 53.1 Å². The average Bonchev–Trinajstić information content (AvgIpc) is 2.62. The normalized spacial score (nSPS) is 10.5. The quantitative estimate of drug-likeness (QED) is 0.364. The van der Waals surface area contributed by atoms with Crippen LogP contribution in [0.5, 0.6) is 0 Å². The van der Waals surface area contributed by atoms with Gasteiger partial charge in [0.15, 0.2) is 0 Å². The summed E-state index contributed by atoms with van der Waals surface area (Å²) in [6, 6.07) is 11.5. The van der Waals surface area contributed by atoms with E-state index in [1.807, 2.05) is 18.2 Å². The molecule has 3 rings (SSSR count). The summed E-state index contributed by atoms with van der Waals surface area (Å²) in [6.45, 7) is 1.95. The first-order valence-electron chi connectivity index (χ1n) is 7.76. The Balaban J connectivity index is 2.14. The second kappa shape index (κ2) is 7.49. The number of esters is 1. The molecule has 0 aliphatic rings. The predicted octanol–water partition coefficient (Wildman–Crippen LogP) is 4.83. The SMILES string of the molecule is CCOC(=O)c1cnc2cc(Br)ccc2c1Nc1cccc([N+](=O)[O-])c1. The number of rotatable bonds is 5. The molecule has 1 heterocycles. The molecule has 1 aromatic heterocycles. The highest BCUT2D eigenvalue weighted by Crippen LogP contribution is 2.32. The van der Waals surface area contributed by atoms with Gasteiger partial charge in [-0.2, -0.15) is 0 Å². The number of fused-ring (bicyclic) bond motifs is 1. The number of hydrogen-bond acceptors (Lipinski definition) is 6. The van der Waals surface area contributed by atoms with Crippen molar-refractivity contribution in [2.24, 2.45) is 0 Å². The number of benzene rings is 2. The lowest BCUT2D eigenvalue weighted by molar-refractivity contribution is -0.384. The van der Waals surface area contributed by atoms with Crippen molar-refractivity contribution in [1.82, 2.24) is 4.98 Å². The minimum atomic E-state index is -0.516. The van der Waals surface area contributed by atoms with E-state index in [4.69, 9.17) is 4.74 Å². The Bertz CT molecular complexity index is 1010. The number of nitro benzene ring substituents is 1. The third-order valence-corrected chi connectivity index (χ3v) is 4.15. The van der Waals surface area contributed by atoms with Gasteiger partial charge in [-0.15, -0.1) is 0 Å². The fourth-order valence-corrected chi connectivity index (χ4v) is 2.86. The zero-order valence-electron chi connectivity index (χ0n) is 13.7. The number of nitrogens with one attached hydrogen (secondary N) is 1. The molecule has 0 radical (unpaired) electrons. The molecular formula is C18H14BrN3O4. The maximum absolute atomic E-state index is 12.3. The molecule has 26 heavy (non-hydrogen) atoms. The van der Waals surface area contributed by atoms with Crippen LogP contribution in [0.2, 0.25) is 0 Å². The molecule has 0 atom stereocenters. The molecule has 0 saturated heterocycles. The van der Waals surface area contributed by atoms with Gasteiger partial charge in [0.2, 0.25) is 0 Å². The van der Waals surface area contributed by atoms with Gasteiger partial charge in [0, 0.05) is 33.9 Å². The molecule has 0 bridgehead atoms. The number of anilines is 2. The van der Waals surface area contributed by atoms with Gasteiger partial charge in [-0.3, -0.25) is 15.1 Å². The largest absolute Gasteiger partial charge is 0.462 e. The molecule has 0 amide bonds. The van der Waals surface area contributed by atoms with Gasteiger partial charge in [-0.1, -0.05) is 22.0 Å². The summed E-state index contributed by atoms with van der Waals surface area (Å²) < 4.78 is 5.95. The van der Waals surface area contributed by atoms with Crippen molar-refractivity contribution in [3.63, 3.8) is 0 Å². The van der Waals surface area contributed by atoms with Crippen LogP contribution in [0, 0.1) is 10.1 Å². The maximum atomic E-state index is 12.3. The molecule has 0 aliphatic heterocycles. The molecule has 1 N–H and O–H groups in total. The van der Waals surface area contributed by atoms with Crippen LogP contribution in [-0.4, -0.2) is 22.5 Å². The number of ether oxygens (including phenoxy) is 1. The van der Waals surface area contributed by atoms with Crippen LogP contribution in [0.1, 0.15) is 17.3 Å². The van der Waals surface area contributed by atoms with E-state index < -0.39 is 10.9 Å². The minimum absolute atomic E-state index is 0.0474. The van der Waals surface area contributed by atoms with Crippen LogP contribution >= 0.6 is 15.9 Å². The van der Waals surface area contributed by atoms with Gasteiger partial charge >= 0.3 is 5.97 Å². The first kappa shape index (κ1) is 17.8. The smallest absolute Gasteiger partial charge is 0.341 e. The predicted molar refractivity (Wildman–Crippen MR) is 102 cm³/mol. The summed E-state index contributed by atoms with van der Waals surface area (Å²) in [5, 5.41) is 14.8. The Hall–Kier alpha value is -3.00. The summed E-state index contributed by atoms with van der Waals surface area (Å²) in [7, 11) is 0. The summed E-state index contributed by atoms with van der Waals surface area (Å²) in [5.41, 5.74) is 1.85. The highest BCUT2D eigenvalue weighted by atomic mass is 79.9. The first-order valence-corrected chi connectivity index (χ1v) is 8.55. The van der Waals surface area contributed by atoms with E-state index in [1.54, 1.807) is 19.1 Å². The van der Waals surface area contributed by atoms with Crippen molar-refractivity contribution in [3.05, 3.63) is 68.8 Å². The summed E-state index contributed by atoms with van der Waals surface area (Å²) in [6.07, 6.45) is 1.44. The molecule has 0 spiro atoms. The van der Waals surface area contributed by atoms with Gasteiger partial charge in [0.05, 0.1) is 22.7 Å². The van der Waals surface area contributed by atoms with Crippen LogP contribution in [-0.2, 0) is 4.74 Å². The van der Waals surface area contributed by atoms with Gasteiger partial charge in [-0.05, 0) is 31.2 Å². The third-order valence-electron chi connectivity index (χ3n) is 3.65. The molecule has 7 nitrogen and oxygen atoms in total. The lowest BCUT2D eigenvalue weighted by atomic mass is 10.1. The second-order valence-corrected chi connectivity index (χ2v) is 6.28. The van der Waals surface area contributed by atoms with Crippen molar-refractivity contribution in [3.8, 4) is 0 Å². The van der Waals surface area contributed by atoms with E-state index in [0.717, 1.165) is 4.47 Å². The maximum Gasteiger partial charge on any atom is 0.341 e. The lowest BCUT2D eigenvalue weighted by Crippen LogP contribution is -2.09. The van der Waals surface area contributed by atoms with Crippen LogP contribution in [0.4, 0.5) is 17.1 Å². The van der Waals surface area contributed by atoms with Crippen LogP contribution < -0.4 is 5.32 Å². The van der Waals surface area contributed by atoms with Gasteiger partial charge in [-0.25, -0.2) is 4.79 Å². The molecule has 8 heteroatoms. The number of aromatic nitrogens is 1. The number of hydrogen-bond donors (Lipinski definition) is 1. The molecular weight excluding hydrogens is 402 g/mol. The molecule has 132 valence electrons. The molecule has 0 fully saturated rings. The van der Waals surface area contributed by atoms with E-state index >= 15 is 0 Å². The summed E-state index contributed by atoms with van der Waals surface area (Å²) in [5.74, 6) is -0.516. The van der Waals surface area contributed by atoms with Crippen molar-refractivity contribution < 1.29 is 14.5 Å². The zero-order chi connectivity index (χ0) is 18.7. The van der Waals surface area contributed by atoms with E-state index in [-0.39, 0.29) is 17.9 Å². The second-order valence-electron chi connectivity index (χ2n) is 5.36. The van der Waals surface area contributed by atoms with E-state index in [2.05, 4.69) is 26.2 Å². The third kappa shape index (κ3) is 3.65. The van der Waals surface area contributed by atoms with E-state index in [1.165, 1.54) is 18.3 Å². The number of carbonyl (C=O) groups is 1. The van der Waals surface area contributed by atoms with E-state index in [0.29, 0.717) is 22.3 Å². The van der Waals surface area contributed by atoms with Gasteiger partial charge in [0.1, 0.15) is 5.56 Å². The number of carbonyl (C=O) groups excluding carboxylic acids is 1. The topological polar surface area (TPSA) is 94.4 Å². The van der Waals surface area contributed by atoms with Crippen molar-refractivity contribution in [1.29, 1.82) is 0 Å². The lowest BCUT2D eigenvalue weighted by Gasteiger charge is -2.14. The number of pyridine rings is 1. The number of non-ortho nitro benzene ring substituents is 1. The fourth-order valence-electron chi connectivity index (χ4n) is 2.51. The van der Waals surface area contributed by atoms with Gasteiger partial charge in [0.25, 0.3) is 5.69 Å². The fraction of sp³-hybridized carbons (Fsp3) is 0.111. The number of nitro groups is 1. The Labute approximate surface area is 157 Å². The molecule has 0 saturated carbocycles.